The van der Waals surface area contributed by atoms with Crippen molar-refractivity contribution in [3.05, 3.63) is 59.9 Å². The highest BCUT2D eigenvalue weighted by molar-refractivity contribution is 6.52. The van der Waals surface area contributed by atoms with Crippen LogP contribution < -0.4 is 11.5 Å². The smallest absolute Gasteiger partial charge is 0.131 e. The fourth-order valence-electron chi connectivity index (χ4n) is 4.14. The zero-order valence-electron chi connectivity index (χ0n) is 18.8. The van der Waals surface area contributed by atoms with E-state index >= 15 is 0 Å². The Morgan fingerprint density at radius 2 is 1.75 bits per heavy atom. The fraction of sp³-hybridized carbons (Fsp3) is 0.375. The minimum atomic E-state index is 0.415. The summed E-state index contributed by atoms with van der Waals surface area (Å²) in [6.45, 7) is 7.94. The van der Waals surface area contributed by atoms with E-state index in [1.807, 2.05) is 57.9 Å². The van der Waals surface area contributed by atoms with Gasteiger partial charge in [-0.1, -0.05) is 48.9 Å². The maximum Gasteiger partial charge on any atom is 0.131 e. The number of nitrogen functional groups attached to an aromatic ring is 1. The summed E-state index contributed by atoms with van der Waals surface area (Å²) in [4.78, 5) is 4.80. The van der Waals surface area contributed by atoms with Crippen LogP contribution in [0.2, 0.25) is 0 Å². The molecule has 0 spiro atoms. The minimum Gasteiger partial charge on any atom is -0.384 e. The topological polar surface area (TPSA) is 81.3 Å². The third-order valence-corrected chi connectivity index (χ3v) is 6.54. The lowest BCUT2D eigenvalue weighted by atomic mass is 10.1. The molecule has 0 unspecified atom stereocenters. The number of halogens is 1. The monoisotopic (exact) mass is 453 g/mol. The molecule has 0 radical (unpaired) electrons. The molecule has 32 heavy (non-hydrogen) atoms. The number of aryl methyl sites for hydroxylation is 1. The Kier molecular flexibility index (Phi) is 6.89. The van der Waals surface area contributed by atoms with Gasteiger partial charge in [0.1, 0.15) is 17.3 Å². The summed E-state index contributed by atoms with van der Waals surface area (Å²) in [6.07, 6.45) is 2.77. The van der Waals surface area contributed by atoms with Crippen LogP contribution in [-0.2, 0) is 13.0 Å². The quantitative estimate of drug-likeness (QED) is 0.574. The molecule has 1 aliphatic heterocycles. The first-order chi connectivity index (χ1) is 15.5. The zero-order chi connectivity index (χ0) is 22.7. The fourth-order valence-corrected chi connectivity index (χ4v) is 4.42. The Morgan fingerprint density at radius 1 is 1.03 bits per heavy atom. The van der Waals surface area contributed by atoms with Gasteiger partial charge in [-0.3, -0.25) is 4.90 Å². The summed E-state index contributed by atoms with van der Waals surface area (Å²) in [7, 11) is 2.16. The summed E-state index contributed by atoms with van der Waals surface area (Å²) in [6, 6.07) is 14.0. The van der Waals surface area contributed by atoms with Crippen LogP contribution in [0.25, 0.3) is 22.1 Å². The van der Waals surface area contributed by atoms with Crippen molar-refractivity contribution < 1.29 is 0 Å². The predicted octanol–water partition coefficient (Wildman–Crippen LogP) is 3.22. The molecule has 1 aromatic carbocycles. The zero-order valence-corrected chi connectivity index (χ0v) is 19.6. The van der Waals surface area contributed by atoms with Crippen molar-refractivity contribution in [2.75, 3.05) is 45.5 Å². The Labute approximate surface area is 194 Å². The van der Waals surface area contributed by atoms with E-state index in [9.17, 15) is 0 Å². The number of nitrogens with two attached hydrogens (primary N) is 2. The molecule has 1 aliphatic rings. The predicted molar refractivity (Wildman–Crippen MR) is 133 cm³/mol. The highest BCUT2D eigenvalue weighted by Gasteiger charge is 2.23. The molecular formula is C24H32ClN7. The molecule has 3 heterocycles. The van der Waals surface area contributed by atoms with Crippen molar-refractivity contribution in [3.8, 4) is 11.3 Å². The third kappa shape index (κ3) is 4.55. The van der Waals surface area contributed by atoms with Gasteiger partial charge in [-0.15, -0.1) is 0 Å². The number of piperazine rings is 1. The van der Waals surface area contributed by atoms with Crippen LogP contribution in [0.5, 0.6) is 0 Å². The van der Waals surface area contributed by atoms with E-state index in [1.165, 1.54) is 0 Å². The number of hydrogen-bond donors (Lipinski definition) is 2. The average molecular weight is 454 g/mol. The standard InChI is InChI=1S/C24H32ClN7/c1-3-19-10-7-11-31(19)24(27)21(25)20-22(18-8-5-4-6-9-18)28-32(23(20)26)17-16-30-14-12-29(2)13-15-30/h4-11H,3,12-17,26-27H2,1-2H3/b24-21-. The van der Waals surface area contributed by atoms with Crippen molar-refractivity contribution in [1.82, 2.24) is 24.1 Å². The molecule has 4 rings (SSSR count). The van der Waals surface area contributed by atoms with Gasteiger partial charge < -0.3 is 20.9 Å². The van der Waals surface area contributed by atoms with Gasteiger partial charge in [0.05, 0.1) is 17.1 Å². The molecule has 1 saturated heterocycles. The lowest BCUT2D eigenvalue weighted by molar-refractivity contribution is 0.149. The van der Waals surface area contributed by atoms with Crippen LogP contribution in [0.1, 0.15) is 18.2 Å². The number of nitrogens with zero attached hydrogens (tertiary/aromatic N) is 5. The van der Waals surface area contributed by atoms with Gasteiger partial charge in [-0.25, -0.2) is 4.68 Å². The van der Waals surface area contributed by atoms with Crippen LogP contribution in [0.15, 0.2) is 48.7 Å². The molecule has 2 aromatic heterocycles. The SMILES string of the molecule is CCc1cccn1/C(N)=C(\Cl)c1c(-c2ccccc2)nn(CCN2CCN(C)CC2)c1N. The van der Waals surface area contributed by atoms with Crippen LogP contribution in [0.3, 0.4) is 0 Å². The second kappa shape index (κ2) is 9.81. The number of anilines is 1. The van der Waals surface area contributed by atoms with E-state index < -0.39 is 0 Å². The third-order valence-electron chi connectivity index (χ3n) is 6.16. The molecule has 170 valence electrons. The van der Waals surface area contributed by atoms with E-state index in [4.69, 9.17) is 28.2 Å². The van der Waals surface area contributed by atoms with Crippen LogP contribution >= 0.6 is 11.6 Å². The highest BCUT2D eigenvalue weighted by atomic mass is 35.5. The first-order valence-electron chi connectivity index (χ1n) is 11.1. The summed E-state index contributed by atoms with van der Waals surface area (Å²) in [5, 5.41) is 5.29. The summed E-state index contributed by atoms with van der Waals surface area (Å²) >= 11 is 6.90. The first kappa shape index (κ1) is 22.5. The molecule has 0 amide bonds. The summed E-state index contributed by atoms with van der Waals surface area (Å²) < 4.78 is 3.78. The van der Waals surface area contributed by atoms with Gasteiger partial charge in [0.15, 0.2) is 0 Å². The van der Waals surface area contributed by atoms with Crippen molar-refractivity contribution in [2.24, 2.45) is 5.73 Å². The molecule has 1 fully saturated rings. The van der Waals surface area contributed by atoms with Crippen LogP contribution in [-0.4, -0.2) is 63.9 Å². The van der Waals surface area contributed by atoms with Crippen molar-refractivity contribution in [1.29, 1.82) is 0 Å². The molecule has 7 nitrogen and oxygen atoms in total. The molecule has 3 aromatic rings. The van der Waals surface area contributed by atoms with E-state index in [1.54, 1.807) is 0 Å². The first-order valence-corrected chi connectivity index (χ1v) is 11.5. The van der Waals surface area contributed by atoms with Crippen molar-refractivity contribution >= 4 is 28.3 Å². The number of benzene rings is 1. The molecular weight excluding hydrogens is 422 g/mol. The maximum absolute atomic E-state index is 6.90. The lowest BCUT2D eigenvalue weighted by Gasteiger charge is -2.32. The average Bonchev–Trinajstić information content (AvgIpc) is 3.42. The largest absolute Gasteiger partial charge is 0.384 e. The van der Waals surface area contributed by atoms with Gasteiger partial charge >= 0.3 is 0 Å². The van der Waals surface area contributed by atoms with E-state index in [-0.39, 0.29) is 0 Å². The molecule has 0 atom stereocenters. The van der Waals surface area contributed by atoms with E-state index in [2.05, 4.69) is 23.8 Å². The van der Waals surface area contributed by atoms with Gasteiger partial charge in [0.25, 0.3) is 0 Å². The minimum absolute atomic E-state index is 0.415. The molecule has 0 aliphatic carbocycles. The summed E-state index contributed by atoms with van der Waals surface area (Å²) in [5.41, 5.74) is 16.6. The van der Waals surface area contributed by atoms with Gasteiger partial charge in [0, 0.05) is 50.2 Å². The number of rotatable bonds is 7. The Bertz CT molecular complexity index is 1080. The van der Waals surface area contributed by atoms with Gasteiger partial charge in [-0.2, -0.15) is 5.10 Å². The normalized spacial score (nSPS) is 16.3. The summed E-state index contributed by atoms with van der Waals surface area (Å²) in [5.74, 6) is 0.993. The van der Waals surface area contributed by atoms with Gasteiger partial charge in [0.2, 0.25) is 0 Å². The Balaban J connectivity index is 1.71. The van der Waals surface area contributed by atoms with Crippen LogP contribution in [0.4, 0.5) is 5.82 Å². The Hall–Kier alpha value is -2.74. The number of aromatic nitrogens is 3. The lowest BCUT2D eigenvalue weighted by Crippen LogP contribution is -2.45. The van der Waals surface area contributed by atoms with E-state index in [0.717, 1.165) is 56.1 Å². The number of hydrogen-bond acceptors (Lipinski definition) is 5. The van der Waals surface area contributed by atoms with Crippen molar-refractivity contribution in [3.63, 3.8) is 0 Å². The van der Waals surface area contributed by atoms with Crippen molar-refractivity contribution in [2.45, 2.75) is 19.9 Å². The number of likely N-dealkylation sites (N-methyl/N-ethyl adjacent to an activating group) is 1. The second-order valence-corrected chi connectivity index (χ2v) is 8.64. The van der Waals surface area contributed by atoms with E-state index in [0.29, 0.717) is 28.8 Å². The molecule has 0 saturated carbocycles. The maximum atomic E-state index is 6.90. The second-order valence-electron chi connectivity index (χ2n) is 8.27. The molecule has 4 N–H and O–H groups in total. The van der Waals surface area contributed by atoms with Crippen LogP contribution in [0, 0.1) is 0 Å². The highest BCUT2D eigenvalue weighted by Crippen LogP contribution is 2.37. The van der Waals surface area contributed by atoms with Gasteiger partial charge in [-0.05, 0) is 25.6 Å². The Morgan fingerprint density at radius 3 is 2.44 bits per heavy atom. The molecule has 0 bridgehead atoms. The molecule has 8 heteroatoms.